The largest absolute Gasteiger partial charge is 0.465 e. The molecular formula is C13H12N2O3. The Hall–Kier alpha value is -2.56. The molecule has 0 saturated carbocycles. The van der Waals surface area contributed by atoms with Crippen LogP contribution in [-0.4, -0.2) is 29.1 Å². The number of benzene rings is 1. The van der Waals surface area contributed by atoms with Crippen LogP contribution in [0.5, 0.6) is 0 Å². The lowest BCUT2D eigenvalue weighted by Gasteiger charge is -2.07. The first-order valence-corrected chi connectivity index (χ1v) is 5.30. The molecule has 0 aliphatic rings. The van der Waals surface area contributed by atoms with Gasteiger partial charge in [0.2, 0.25) is 0 Å². The Morgan fingerprint density at radius 3 is 2.94 bits per heavy atom. The van der Waals surface area contributed by atoms with Crippen molar-refractivity contribution in [2.45, 2.75) is 0 Å². The minimum Gasteiger partial charge on any atom is -0.465 e. The molecule has 0 aliphatic heterocycles. The summed E-state index contributed by atoms with van der Waals surface area (Å²) in [7, 11) is 1.34. The van der Waals surface area contributed by atoms with Gasteiger partial charge in [0.05, 0.1) is 24.6 Å². The van der Waals surface area contributed by atoms with Crippen LogP contribution in [0.1, 0.15) is 16.1 Å². The Bertz CT molecular complexity index is 587. The number of carbonyl (C=O) groups excluding carboxylic acids is 1. The normalized spacial score (nSPS) is 10.7. The number of methoxy groups -OCH3 is 1. The minimum absolute atomic E-state index is 0.388. The number of nitrogens with zero attached hydrogens (tertiary/aromatic N) is 2. The van der Waals surface area contributed by atoms with E-state index in [4.69, 9.17) is 5.21 Å². The van der Waals surface area contributed by atoms with Crippen LogP contribution in [0, 0.1) is 0 Å². The summed E-state index contributed by atoms with van der Waals surface area (Å²) < 4.78 is 6.47. The first-order valence-electron chi connectivity index (χ1n) is 5.30. The van der Waals surface area contributed by atoms with E-state index in [0.717, 1.165) is 5.69 Å². The standard InChI is InChI=1S/C13H12N2O3/c1-18-13(16)10-4-2-5-11(8-10)15-7-3-6-12(15)9-14-17/h2-9,17H,1H3/b14-9+. The van der Waals surface area contributed by atoms with Crippen LogP contribution in [0.15, 0.2) is 47.8 Å². The Morgan fingerprint density at radius 1 is 1.39 bits per heavy atom. The minimum atomic E-state index is -0.388. The van der Waals surface area contributed by atoms with Gasteiger partial charge >= 0.3 is 5.97 Å². The van der Waals surface area contributed by atoms with E-state index in [2.05, 4.69) is 9.89 Å². The number of aromatic nitrogens is 1. The molecule has 0 atom stereocenters. The van der Waals surface area contributed by atoms with E-state index in [-0.39, 0.29) is 5.97 Å². The summed E-state index contributed by atoms with van der Waals surface area (Å²) in [4.78, 5) is 11.4. The summed E-state index contributed by atoms with van der Waals surface area (Å²) in [6, 6.07) is 10.6. The molecule has 0 bridgehead atoms. The number of hydrogen-bond donors (Lipinski definition) is 1. The second kappa shape index (κ2) is 5.18. The SMILES string of the molecule is COC(=O)c1cccc(-n2cccc2/C=N/O)c1. The first-order chi connectivity index (χ1) is 8.76. The lowest BCUT2D eigenvalue weighted by molar-refractivity contribution is 0.0600. The van der Waals surface area contributed by atoms with E-state index in [1.54, 1.807) is 28.8 Å². The van der Waals surface area contributed by atoms with Gasteiger partial charge in [0.25, 0.3) is 0 Å². The van der Waals surface area contributed by atoms with Gasteiger partial charge in [0.1, 0.15) is 0 Å². The van der Waals surface area contributed by atoms with Crippen LogP contribution in [0.4, 0.5) is 0 Å². The molecule has 1 aromatic carbocycles. The van der Waals surface area contributed by atoms with Crippen LogP contribution >= 0.6 is 0 Å². The summed E-state index contributed by atoms with van der Waals surface area (Å²) >= 11 is 0. The molecule has 5 nitrogen and oxygen atoms in total. The van der Waals surface area contributed by atoms with E-state index in [1.807, 2.05) is 18.3 Å². The van der Waals surface area contributed by atoms with E-state index in [0.29, 0.717) is 11.3 Å². The third kappa shape index (κ3) is 2.24. The van der Waals surface area contributed by atoms with Gasteiger partial charge in [-0.2, -0.15) is 0 Å². The number of ether oxygens (including phenoxy) is 1. The summed E-state index contributed by atoms with van der Waals surface area (Å²) in [6.45, 7) is 0. The fourth-order valence-electron chi connectivity index (χ4n) is 1.69. The average molecular weight is 244 g/mol. The van der Waals surface area contributed by atoms with E-state index in [9.17, 15) is 4.79 Å². The van der Waals surface area contributed by atoms with Crippen molar-refractivity contribution < 1.29 is 14.7 Å². The van der Waals surface area contributed by atoms with Gasteiger partial charge in [-0.3, -0.25) is 0 Å². The summed E-state index contributed by atoms with van der Waals surface area (Å²) in [5.41, 5.74) is 1.97. The number of carbonyl (C=O) groups is 1. The van der Waals surface area contributed by atoms with Crippen LogP contribution in [-0.2, 0) is 4.74 Å². The maximum Gasteiger partial charge on any atom is 0.337 e. The Morgan fingerprint density at radius 2 is 2.22 bits per heavy atom. The molecule has 1 heterocycles. The molecular weight excluding hydrogens is 232 g/mol. The molecule has 1 aromatic heterocycles. The molecule has 0 amide bonds. The molecule has 0 radical (unpaired) electrons. The van der Waals surface area contributed by atoms with E-state index in [1.165, 1.54) is 13.3 Å². The Balaban J connectivity index is 2.44. The van der Waals surface area contributed by atoms with Gasteiger partial charge < -0.3 is 14.5 Å². The fourth-order valence-corrected chi connectivity index (χ4v) is 1.69. The quantitative estimate of drug-likeness (QED) is 0.389. The number of oxime groups is 1. The third-order valence-electron chi connectivity index (χ3n) is 2.52. The zero-order valence-corrected chi connectivity index (χ0v) is 9.78. The lowest BCUT2D eigenvalue weighted by Crippen LogP contribution is -2.04. The average Bonchev–Trinajstić information content (AvgIpc) is 2.87. The van der Waals surface area contributed by atoms with Crippen molar-refractivity contribution in [3.63, 3.8) is 0 Å². The second-order valence-electron chi connectivity index (χ2n) is 3.59. The van der Waals surface area contributed by atoms with Crippen molar-refractivity contribution in [1.82, 2.24) is 4.57 Å². The van der Waals surface area contributed by atoms with Crippen molar-refractivity contribution in [3.05, 3.63) is 53.9 Å². The highest BCUT2D eigenvalue weighted by molar-refractivity contribution is 5.90. The number of hydrogen-bond acceptors (Lipinski definition) is 4. The summed E-state index contributed by atoms with van der Waals surface area (Å²) in [5.74, 6) is -0.388. The highest BCUT2D eigenvalue weighted by atomic mass is 16.5. The van der Waals surface area contributed by atoms with Gasteiger partial charge in [-0.1, -0.05) is 11.2 Å². The fraction of sp³-hybridized carbons (Fsp3) is 0.0769. The maximum absolute atomic E-state index is 11.4. The van der Waals surface area contributed by atoms with Crippen LogP contribution < -0.4 is 0 Å². The molecule has 0 aliphatic carbocycles. The highest BCUT2D eigenvalue weighted by Crippen LogP contribution is 2.14. The maximum atomic E-state index is 11.4. The first kappa shape index (κ1) is 11.9. The topological polar surface area (TPSA) is 63.8 Å². The van der Waals surface area contributed by atoms with Crippen molar-refractivity contribution in [2.24, 2.45) is 5.16 Å². The molecule has 2 aromatic rings. The van der Waals surface area contributed by atoms with Gasteiger partial charge in [0.15, 0.2) is 0 Å². The van der Waals surface area contributed by atoms with E-state index >= 15 is 0 Å². The van der Waals surface area contributed by atoms with Gasteiger partial charge in [-0.05, 0) is 30.3 Å². The molecule has 2 rings (SSSR count). The van der Waals surface area contributed by atoms with Crippen molar-refractivity contribution in [2.75, 3.05) is 7.11 Å². The summed E-state index contributed by atoms with van der Waals surface area (Å²) in [6.07, 6.45) is 3.14. The van der Waals surface area contributed by atoms with Crippen molar-refractivity contribution >= 4 is 12.2 Å². The third-order valence-corrected chi connectivity index (χ3v) is 2.52. The van der Waals surface area contributed by atoms with Gasteiger partial charge in [0, 0.05) is 11.9 Å². The van der Waals surface area contributed by atoms with Crippen LogP contribution in [0.2, 0.25) is 0 Å². The second-order valence-corrected chi connectivity index (χ2v) is 3.59. The molecule has 0 unspecified atom stereocenters. The molecule has 0 saturated heterocycles. The zero-order chi connectivity index (χ0) is 13.0. The molecule has 5 heteroatoms. The van der Waals surface area contributed by atoms with Crippen LogP contribution in [0.25, 0.3) is 5.69 Å². The van der Waals surface area contributed by atoms with Gasteiger partial charge in [-0.15, -0.1) is 0 Å². The molecule has 18 heavy (non-hydrogen) atoms. The Kier molecular flexibility index (Phi) is 3.43. The van der Waals surface area contributed by atoms with E-state index < -0.39 is 0 Å². The lowest BCUT2D eigenvalue weighted by atomic mass is 10.2. The molecule has 0 fully saturated rings. The zero-order valence-electron chi connectivity index (χ0n) is 9.78. The highest BCUT2D eigenvalue weighted by Gasteiger charge is 2.07. The predicted octanol–water partition coefficient (Wildman–Crippen LogP) is 2.07. The summed E-state index contributed by atoms with van der Waals surface area (Å²) in [5, 5.41) is 11.6. The number of esters is 1. The van der Waals surface area contributed by atoms with Crippen molar-refractivity contribution in [1.29, 1.82) is 0 Å². The molecule has 0 spiro atoms. The monoisotopic (exact) mass is 244 g/mol. The number of rotatable bonds is 3. The van der Waals surface area contributed by atoms with Gasteiger partial charge in [-0.25, -0.2) is 4.79 Å². The predicted molar refractivity (Wildman–Crippen MR) is 66.5 cm³/mol. The van der Waals surface area contributed by atoms with Crippen LogP contribution in [0.3, 0.4) is 0 Å². The van der Waals surface area contributed by atoms with Crippen molar-refractivity contribution in [3.8, 4) is 5.69 Å². The smallest absolute Gasteiger partial charge is 0.337 e. The molecule has 1 N–H and O–H groups in total. The Labute approximate surface area is 104 Å². The molecule has 92 valence electrons.